The molecule has 3 rings (SSSR count). The molecule has 1 aliphatic heterocycles. The van der Waals surface area contributed by atoms with Crippen LogP contribution in [0, 0.1) is 0 Å². The SMILES string of the molecule is Cn1c(N2CCNCC2)nc2c(OC(N)=O)cccc21. The van der Waals surface area contributed by atoms with Crippen molar-refractivity contribution in [2.75, 3.05) is 31.1 Å². The molecule has 1 aromatic carbocycles. The highest BCUT2D eigenvalue weighted by Crippen LogP contribution is 2.28. The first-order valence-electron chi connectivity index (χ1n) is 6.55. The van der Waals surface area contributed by atoms with Gasteiger partial charge in [-0.25, -0.2) is 9.78 Å². The van der Waals surface area contributed by atoms with Crippen LogP contribution in [0.3, 0.4) is 0 Å². The maximum Gasteiger partial charge on any atom is 0.410 e. The number of amides is 1. The molecule has 2 aromatic rings. The fourth-order valence-electron chi connectivity index (χ4n) is 2.51. The number of nitrogens with one attached hydrogen (secondary N) is 1. The number of hydrogen-bond donors (Lipinski definition) is 2. The number of hydrogen-bond acceptors (Lipinski definition) is 5. The third kappa shape index (κ3) is 2.16. The predicted octanol–water partition coefficient (Wildman–Crippen LogP) is 0.440. The van der Waals surface area contributed by atoms with Crippen LogP contribution in [0.2, 0.25) is 0 Å². The second kappa shape index (κ2) is 5.01. The summed E-state index contributed by atoms with van der Waals surface area (Å²) in [4.78, 5) is 17.8. The van der Waals surface area contributed by atoms with Crippen molar-refractivity contribution < 1.29 is 9.53 Å². The molecule has 1 fully saturated rings. The summed E-state index contributed by atoms with van der Waals surface area (Å²) in [5.74, 6) is 1.27. The Kier molecular flexibility index (Phi) is 3.19. The van der Waals surface area contributed by atoms with E-state index in [0.717, 1.165) is 37.6 Å². The van der Waals surface area contributed by atoms with E-state index in [1.54, 1.807) is 6.07 Å². The summed E-state index contributed by atoms with van der Waals surface area (Å²) in [6.45, 7) is 3.69. The number of nitrogens with two attached hydrogens (primary N) is 1. The molecule has 106 valence electrons. The molecule has 0 bridgehead atoms. The molecule has 1 aliphatic rings. The molecular weight excluding hydrogens is 258 g/mol. The van der Waals surface area contributed by atoms with E-state index in [4.69, 9.17) is 10.5 Å². The lowest BCUT2D eigenvalue weighted by molar-refractivity contribution is 0.211. The maximum atomic E-state index is 11.0. The second-order valence-electron chi connectivity index (χ2n) is 4.75. The number of carbonyl (C=O) groups is 1. The van der Waals surface area contributed by atoms with E-state index in [-0.39, 0.29) is 0 Å². The number of rotatable bonds is 2. The van der Waals surface area contributed by atoms with Gasteiger partial charge in [-0.1, -0.05) is 6.07 Å². The smallest absolute Gasteiger partial charge is 0.408 e. The molecule has 0 unspecified atom stereocenters. The summed E-state index contributed by atoms with van der Waals surface area (Å²) in [6.07, 6.45) is -0.827. The molecule has 20 heavy (non-hydrogen) atoms. The van der Waals surface area contributed by atoms with E-state index in [0.29, 0.717) is 11.3 Å². The number of primary amides is 1. The number of imidazole rings is 1. The molecule has 0 saturated carbocycles. The van der Waals surface area contributed by atoms with E-state index in [2.05, 4.69) is 15.2 Å². The Morgan fingerprint density at radius 2 is 2.15 bits per heavy atom. The summed E-state index contributed by atoms with van der Waals surface area (Å²) in [5.41, 5.74) is 6.66. The average molecular weight is 275 g/mol. The van der Waals surface area contributed by atoms with Gasteiger partial charge in [0.05, 0.1) is 5.52 Å². The van der Waals surface area contributed by atoms with Gasteiger partial charge in [0.1, 0.15) is 5.52 Å². The van der Waals surface area contributed by atoms with Gasteiger partial charge >= 0.3 is 6.09 Å². The molecule has 0 spiro atoms. The van der Waals surface area contributed by atoms with Gasteiger partial charge in [0.15, 0.2) is 5.75 Å². The van der Waals surface area contributed by atoms with E-state index >= 15 is 0 Å². The minimum absolute atomic E-state index is 0.395. The van der Waals surface area contributed by atoms with Gasteiger partial charge in [-0.05, 0) is 12.1 Å². The molecular formula is C13H17N5O2. The topological polar surface area (TPSA) is 85.4 Å². The number of anilines is 1. The molecule has 1 amide bonds. The van der Waals surface area contributed by atoms with Crippen LogP contribution >= 0.6 is 0 Å². The molecule has 0 radical (unpaired) electrons. The van der Waals surface area contributed by atoms with Crippen molar-refractivity contribution in [3.8, 4) is 5.75 Å². The number of aryl methyl sites for hydroxylation is 1. The molecule has 0 aliphatic carbocycles. The second-order valence-corrected chi connectivity index (χ2v) is 4.75. The number of ether oxygens (including phenoxy) is 1. The average Bonchev–Trinajstić information content (AvgIpc) is 2.78. The van der Waals surface area contributed by atoms with Crippen LogP contribution in [0.25, 0.3) is 11.0 Å². The molecule has 1 aromatic heterocycles. The third-order valence-electron chi connectivity index (χ3n) is 3.46. The first-order chi connectivity index (χ1) is 9.66. The van der Waals surface area contributed by atoms with Crippen molar-refractivity contribution >= 4 is 23.1 Å². The van der Waals surface area contributed by atoms with Crippen LogP contribution in [-0.4, -0.2) is 41.8 Å². The Hall–Kier alpha value is -2.28. The molecule has 3 N–H and O–H groups in total. The standard InChI is InChI=1S/C13H17N5O2/c1-17-9-3-2-4-10(20-12(14)19)11(9)16-13(17)18-7-5-15-6-8-18/h2-4,15H,5-8H2,1H3,(H2,14,19). The number of nitrogens with zero attached hydrogens (tertiary/aromatic N) is 3. The van der Waals surface area contributed by atoms with E-state index in [9.17, 15) is 4.79 Å². The molecule has 1 saturated heterocycles. The lowest BCUT2D eigenvalue weighted by Gasteiger charge is -2.28. The van der Waals surface area contributed by atoms with Crippen LogP contribution in [0.4, 0.5) is 10.7 Å². The highest BCUT2D eigenvalue weighted by atomic mass is 16.5. The number of carbonyl (C=O) groups excluding carboxylic acids is 1. The van der Waals surface area contributed by atoms with Crippen LogP contribution in [-0.2, 0) is 7.05 Å². The van der Waals surface area contributed by atoms with Crippen molar-refractivity contribution in [3.05, 3.63) is 18.2 Å². The molecule has 0 atom stereocenters. The molecule has 7 heteroatoms. The number of fused-ring (bicyclic) bond motifs is 1. The van der Waals surface area contributed by atoms with Gasteiger partial charge in [-0.15, -0.1) is 0 Å². The summed E-state index contributed by atoms with van der Waals surface area (Å²) >= 11 is 0. The van der Waals surface area contributed by atoms with Gasteiger partial charge in [-0.3, -0.25) is 0 Å². The van der Waals surface area contributed by atoms with Crippen LogP contribution in [0.5, 0.6) is 5.75 Å². The Morgan fingerprint density at radius 3 is 2.85 bits per heavy atom. The number of piperazine rings is 1. The van der Waals surface area contributed by atoms with E-state index < -0.39 is 6.09 Å². The van der Waals surface area contributed by atoms with Crippen molar-refractivity contribution in [2.45, 2.75) is 0 Å². The summed E-state index contributed by atoms with van der Waals surface area (Å²) < 4.78 is 7.02. The van der Waals surface area contributed by atoms with Crippen molar-refractivity contribution in [3.63, 3.8) is 0 Å². The van der Waals surface area contributed by atoms with Crippen molar-refractivity contribution in [1.82, 2.24) is 14.9 Å². The largest absolute Gasteiger partial charge is 0.410 e. The zero-order chi connectivity index (χ0) is 14.1. The number of para-hydroxylation sites is 1. The van der Waals surface area contributed by atoms with E-state index in [1.165, 1.54) is 0 Å². The van der Waals surface area contributed by atoms with Crippen molar-refractivity contribution in [1.29, 1.82) is 0 Å². The van der Waals surface area contributed by atoms with Gasteiger partial charge in [0.2, 0.25) is 5.95 Å². The van der Waals surface area contributed by atoms with Gasteiger partial charge in [0.25, 0.3) is 0 Å². The van der Waals surface area contributed by atoms with Gasteiger partial charge in [0, 0.05) is 33.2 Å². The normalized spacial score (nSPS) is 15.6. The lowest BCUT2D eigenvalue weighted by Crippen LogP contribution is -2.44. The Labute approximate surface area is 116 Å². The highest BCUT2D eigenvalue weighted by Gasteiger charge is 2.19. The van der Waals surface area contributed by atoms with Crippen molar-refractivity contribution in [2.24, 2.45) is 12.8 Å². The monoisotopic (exact) mass is 275 g/mol. The molecule has 2 heterocycles. The quantitative estimate of drug-likeness (QED) is 0.830. The highest BCUT2D eigenvalue weighted by molar-refractivity contribution is 5.87. The number of aromatic nitrogens is 2. The minimum atomic E-state index is -0.827. The Balaban J connectivity index is 2.06. The third-order valence-corrected chi connectivity index (χ3v) is 3.46. The van der Waals surface area contributed by atoms with E-state index in [1.807, 2.05) is 23.7 Å². The fourth-order valence-corrected chi connectivity index (χ4v) is 2.51. The lowest BCUT2D eigenvalue weighted by atomic mass is 10.3. The fraction of sp³-hybridized carbons (Fsp3) is 0.385. The summed E-state index contributed by atoms with van der Waals surface area (Å²) in [5, 5.41) is 3.31. The van der Waals surface area contributed by atoms with Gasteiger partial charge in [-0.2, -0.15) is 0 Å². The number of benzene rings is 1. The van der Waals surface area contributed by atoms with Crippen LogP contribution < -0.4 is 20.7 Å². The Morgan fingerprint density at radius 1 is 1.40 bits per heavy atom. The minimum Gasteiger partial charge on any atom is -0.408 e. The summed E-state index contributed by atoms with van der Waals surface area (Å²) in [6, 6.07) is 5.47. The first-order valence-corrected chi connectivity index (χ1v) is 6.55. The molecule has 7 nitrogen and oxygen atoms in total. The summed E-state index contributed by atoms with van der Waals surface area (Å²) in [7, 11) is 1.96. The predicted molar refractivity (Wildman–Crippen MR) is 76.0 cm³/mol. The zero-order valence-electron chi connectivity index (χ0n) is 11.3. The van der Waals surface area contributed by atoms with Crippen LogP contribution in [0.1, 0.15) is 0 Å². The Bertz CT molecular complexity index is 645. The van der Waals surface area contributed by atoms with Gasteiger partial charge < -0.3 is 25.3 Å². The van der Waals surface area contributed by atoms with Crippen LogP contribution in [0.15, 0.2) is 18.2 Å². The zero-order valence-corrected chi connectivity index (χ0v) is 11.3. The first kappa shape index (κ1) is 12.7. The maximum absolute atomic E-state index is 11.0.